The highest BCUT2D eigenvalue weighted by atomic mass is 14.7. The minimum Gasteiger partial charge on any atom is -0.330 e. The van der Waals surface area contributed by atoms with Crippen molar-refractivity contribution in [3.05, 3.63) is 35.4 Å². The summed E-state index contributed by atoms with van der Waals surface area (Å²) in [6.45, 7) is 3.05. The Morgan fingerprint density at radius 1 is 1.29 bits per heavy atom. The maximum absolute atomic E-state index is 5.87. The Balaban J connectivity index is 2.32. The zero-order valence-corrected chi connectivity index (χ0v) is 8.92. The molecule has 2 rings (SSSR count). The first-order valence-electron chi connectivity index (χ1n) is 5.61. The monoisotopic (exact) mass is 189 g/mol. The van der Waals surface area contributed by atoms with Gasteiger partial charge in [0.2, 0.25) is 0 Å². The van der Waals surface area contributed by atoms with Crippen molar-refractivity contribution >= 4 is 0 Å². The molecule has 1 aromatic rings. The smallest absolute Gasteiger partial charge is 0.00789 e. The second-order valence-corrected chi connectivity index (χ2v) is 4.39. The van der Waals surface area contributed by atoms with Crippen molar-refractivity contribution in [2.75, 3.05) is 6.54 Å². The molecule has 14 heavy (non-hydrogen) atoms. The Hall–Kier alpha value is -0.820. The normalized spacial score (nSPS) is 18.1. The van der Waals surface area contributed by atoms with Crippen LogP contribution in [0.25, 0.3) is 0 Å². The Morgan fingerprint density at radius 3 is 2.57 bits per heavy atom. The fraction of sp³-hybridized carbons (Fsp3) is 0.538. The second-order valence-electron chi connectivity index (χ2n) is 4.39. The van der Waals surface area contributed by atoms with E-state index in [1.54, 1.807) is 0 Å². The molecule has 0 spiro atoms. The molecular weight excluding hydrogens is 170 g/mol. The molecule has 1 aromatic carbocycles. The quantitative estimate of drug-likeness (QED) is 0.774. The minimum absolute atomic E-state index is 0.353. The predicted octanol–water partition coefficient (Wildman–Crippen LogP) is 2.63. The van der Waals surface area contributed by atoms with Gasteiger partial charge in [-0.05, 0) is 30.4 Å². The third kappa shape index (κ3) is 1.57. The number of nitrogens with two attached hydrogens (primary N) is 1. The van der Waals surface area contributed by atoms with E-state index in [4.69, 9.17) is 5.73 Å². The number of aryl methyl sites for hydroxylation is 1. The average molecular weight is 189 g/mol. The number of hydrogen-bond donors (Lipinski definition) is 1. The summed E-state index contributed by atoms with van der Waals surface area (Å²) in [5.41, 5.74) is 9.25. The average Bonchev–Trinajstić information content (AvgIpc) is 3.00. The fourth-order valence-electron chi connectivity index (χ4n) is 2.26. The molecule has 2 N–H and O–H groups in total. The first-order valence-corrected chi connectivity index (χ1v) is 5.61. The number of rotatable bonds is 4. The molecule has 1 fully saturated rings. The highest BCUT2D eigenvalue weighted by Crippen LogP contribution is 2.48. The summed E-state index contributed by atoms with van der Waals surface area (Å²) in [5, 5.41) is 0. The Labute approximate surface area is 86.3 Å². The zero-order valence-electron chi connectivity index (χ0n) is 8.92. The van der Waals surface area contributed by atoms with Crippen LogP contribution in [0.4, 0.5) is 0 Å². The third-order valence-corrected chi connectivity index (χ3v) is 3.35. The minimum atomic E-state index is 0.353. The molecule has 0 aromatic heterocycles. The van der Waals surface area contributed by atoms with Crippen LogP contribution in [-0.2, 0) is 11.8 Å². The zero-order chi connectivity index (χ0) is 10.0. The molecule has 1 nitrogen and oxygen atoms in total. The van der Waals surface area contributed by atoms with Gasteiger partial charge in [-0.3, -0.25) is 0 Å². The summed E-state index contributed by atoms with van der Waals surface area (Å²) < 4.78 is 0. The molecule has 0 heterocycles. The van der Waals surface area contributed by atoms with Crippen molar-refractivity contribution in [3.63, 3.8) is 0 Å². The van der Waals surface area contributed by atoms with Crippen LogP contribution in [0, 0.1) is 0 Å². The van der Waals surface area contributed by atoms with Gasteiger partial charge in [-0.1, -0.05) is 37.6 Å². The van der Waals surface area contributed by atoms with Gasteiger partial charge in [-0.15, -0.1) is 0 Å². The molecule has 0 unspecified atom stereocenters. The lowest BCUT2D eigenvalue weighted by Gasteiger charge is -2.17. The van der Waals surface area contributed by atoms with Crippen molar-refractivity contribution < 1.29 is 0 Å². The summed E-state index contributed by atoms with van der Waals surface area (Å²) in [6, 6.07) is 8.81. The second kappa shape index (κ2) is 3.74. The molecule has 0 bridgehead atoms. The van der Waals surface area contributed by atoms with Crippen molar-refractivity contribution in [2.24, 2.45) is 5.73 Å². The van der Waals surface area contributed by atoms with Crippen LogP contribution in [-0.4, -0.2) is 6.54 Å². The van der Waals surface area contributed by atoms with Gasteiger partial charge in [-0.25, -0.2) is 0 Å². The van der Waals surface area contributed by atoms with Gasteiger partial charge in [0.05, 0.1) is 0 Å². The highest BCUT2D eigenvalue weighted by molar-refractivity contribution is 5.39. The molecule has 1 saturated carbocycles. The Bertz CT molecular complexity index is 313. The molecule has 1 aliphatic carbocycles. The van der Waals surface area contributed by atoms with Gasteiger partial charge in [-0.2, -0.15) is 0 Å². The Morgan fingerprint density at radius 2 is 2.00 bits per heavy atom. The largest absolute Gasteiger partial charge is 0.330 e. The van der Waals surface area contributed by atoms with E-state index in [0.29, 0.717) is 5.41 Å². The predicted molar refractivity (Wildman–Crippen MR) is 60.4 cm³/mol. The third-order valence-electron chi connectivity index (χ3n) is 3.35. The van der Waals surface area contributed by atoms with Gasteiger partial charge in [0.25, 0.3) is 0 Å². The van der Waals surface area contributed by atoms with Crippen molar-refractivity contribution in [1.29, 1.82) is 0 Å². The van der Waals surface area contributed by atoms with Crippen LogP contribution in [0.3, 0.4) is 0 Å². The molecule has 0 amide bonds. The summed E-state index contributed by atoms with van der Waals surface area (Å²) in [7, 11) is 0. The van der Waals surface area contributed by atoms with E-state index < -0.39 is 0 Å². The highest BCUT2D eigenvalue weighted by Gasteiger charge is 2.43. The van der Waals surface area contributed by atoms with Crippen LogP contribution < -0.4 is 5.73 Å². The van der Waals surface area contributed by atoms with E-state index in [0.717, 1.165) is 6.54 Å². The topological polar surface area (TPSA) is 26.0 Å². The molecule has 0 saturated heterocycles. The van der Waals surface area contributed by atoms with Crippen molar-refractivity contribution in [2.45, 2.75) is 38.0 Å². The molecule has 0 radical (unpaired) electrons. The van der Waals surface area contributed by atoms with Crippen LogP contribution in [0.2, 0.25) is 0 Å². The lowest BCUT2D eigenvalue weighted by Crippen LogP contribution is -2.21. The maximum atomic E-state index is 5.87. The number of benzene rings is 1. The van der Waals surface area contributed by atoms with E-state index in [1.165, 1.54) is 36.8 Å². The molecule has 1 heteroatoms. The van der Waals surface area contributed by atoms with E-state index in [1.807, 2.05) is 0 Å². The van der Waals surface area contributed by atoms with Crippen LogP contribution in [0.1, 0.15) is 37.3 Å². The molecule has 0 aliphatic heterocycles. The first kappa shape index (κ1) is 9.72. The van der Waals surface area contributed by atoms with Gasteiger partial charge >= 0.3 is 0 Å². The van der Waals surface area contributed by atoms with Crippen LogP contribution >= 0.6 is 0 Å². The van der Waals surface area contributed by atoms with Crippen molar-refractivity contribution in [3.8, 4) is 0 Å². The summed E-state index contributed by atoms with van der Waals surface area (Å²) in [4.78, 5) is 0. The summed E-state index contributed by atoms with van der Waals surface area (Å²) in [5.74, 6) is 0. The van der Waals surface area contributed by atoms with E-state index in [-0.39, 0.29) is 0 Å². The molecule has 0 atom stereocenters. The van der Waals surface area contributed by atoms with Crippen LogP contribution in [0.15, 0.2) is 24.3 Å². The van der Waals surface area contributed by atoms with Crippen molar-refractivity contribution in [1.82, 2.24) is 0 Å². The Kier molecular flexibility index (Phi) is 2.60. The summed E-state index contributed by atoms with van der Waals surface area (Å²) >= 11 is 0. The lowest BCUT2D eigenvalue weighted by molar-refractivity contribution is 0.690. The van der Waals surface area contributed by atoms with Gasteiger partial charge in [0.1, 0.15) is 0 Å². The van der Waals surface area contributed by atoms with E-state index in [9.17, 15) is 0 Å². The van der Waals surface area contributed by atoms with Gasteiger partial charge in [0, 0.05) is 12.0 Å². The standard InChI is InChI=1S/C13H19N/c1-2-5-11-6-3-4-7-12(11)13(10-14)8-9-13/h3-4,6-7H,2,5,8-10,14H2,1H3. The van der Waals surface area contributed by atoms with Gasteiger partial charge < -0.3 is 5.73 Å². The van der Waals surface area contributed by atoms with E-state index in [2.05, 4.69) is 31.2 Å². The van der Waals surface area contributed by atoms with Gasteiger partial charge in [0.15, 0.2) is 0 Å². The molecule has 1 aliphatic rings. The number of hydrogen-bond acceptors (Lipinski definition) is 1. The van der Waals surface area contributed by atoms with E-state index >= 15 is 0 Å². The summed E-state index contributed by atoms with van der Waals surface area (Å²) in [6.07, 6.45) is 4.98. The maximum Gasteiger partial charge on any atom is 0.00789 e. The molecule has 76 valence electrons. The fourth-order valence-corrected chi connectivity index (χ4v) is 2.26. The lowest BCUT2D eigenvalue weighted by atomic mass is 9.90. The van der Waals surface area contributed by atoms with Crippen LogP contribution in [0.5, 0.6) is 0 Å². The SMILES string of the molecule is CCCc1ccccc1C1(CN)CC1. The molecular formula is C13H19N. The first-order chi connectivity index (χ1) is 6.82.